The molecule has 2 heterocycles. The van der Waals surface area contributed by atoms with Crippen LogP contribution in [0.3, 0.4) is 0 Å². The highest BCUT2D eigenvalue weighted by atomic mass is 16.3. The van der Waals surface area contributed by atoms with Crippen molar-refractivity contribution in [2.75, 3.05) is 38.0 Å². The van der Waals surface area contributed by atoms with E-state index in [9.17, 15) is 14.7 Å². The molecule has 0 radical (unpaired) electrons. The van der Waals surface area contributed by atoms with Gasteiger partial charge in [0, 0.05) is 31.6 Å². The standard InChI is InChI=1S/C25H32N4O3/c30-23-9-5-4-8-22(23)27-25(32)20-10-13-28(14-11-20)18-24(31)26-21-12-15-29(17-21)16-19-6-2-1-3-7-19/h1-9,20-21,30H,10-18H2,(H,26,31)(H,27,32)/t21-/m0/s1. The molecule has 0 bridgehead atoms. The van der Waals surface area contributed by atoms with E-state index in [4.69, 9.17) is 0 Å². The highest BCUT2D eigenvalue weighted by Gasteiger charge is 2.28. The van der Waals surface area contributed by atoms with Crippen molar-refractivity contribution in [3.05, 3.63) is 60.2 Å². The summed E-state index contributed by atoms with van der Waals surface area (Å²) >= 11 is 0. The van der Waals surface area contributed by atoms with Gasteiger partial charge in [-0.05, 0) is 50.0 Å². The molecule has 4 rings (SSSR count). The third-order valence-corrected chi connectivity index (χ3v) is 6.37. The van der Waals surface area contributed by atoms with Crippen molar-refractivity contribution < 1.29 is 14.7 Å². The lowest BCUT2D eigenvalue weighted by atomic mass is 9.95. The topological polar surface area (TPSA) is 84.9 Å². The van der Waals surface area contributed by atoms with Gasteiger partial charge in [-0.1, -0.05) is 42.5 Å². The molecule has 1 atom stereocenters. The van der Waals surface area contributed by atoms with Gasteiger partial charge in [-0.15, -0.1) is 0 Å². The van der Waals surface area contributed by atoms with E-state index >= 15 is 0 Å². The number of phenolic OH excluding ortho intramolecular Hbond substituents is 1. The van der Waals surface area contributed by atoms with E-state index in [1.54, 1.807) is 24.3 Å². The smallest absolute Gasteiger partial charge is 0.234 e. The molecular formula is C25H32N4O3. The maximum absolute atomic E-state index is 12.5. The van der Waals surface area contributed by atoms with Crippen LogP contribution < -0.4 is 10.6 Å². The van der Waals surface area contributed by atoms with Gasteiger partial charge in [-0.25, -0.2) is 0 Å². The van der Waals surface area contributed by atoms with Crippen LogP contribution in [0.5, 0.6) is 5.75 Å². The van der Waals surface area contributed by atoms with Gasteiger partial charge in [-0.2, -0.15) is 0 Å². The Bertz CT molecular complexity index is 912. The first kappa shape index (κ1) is 22.3. The summed E-state index contributed by atoms with van der Waals surface area (Å²) in [5, 5.41) is 15.8. The van der Waals surface area contributed by atoms with Gasteiger partial charge in [0.1, 0.15) is 5.75 Å². The Morgan fingerprint density at radius 1 is 0.906 bits per heavy atom. The summed E-state index contributed by atoms with van der Waals surface area (Å²) in [6.45, 7) is 4.62. The lowest BCUT2D eigenvalue weighted by Crippen LogP contribution is -2.46. The molecule has 0 aromatic heterocycles. The fourth-order valence-corrected chi connectivity index (χ4v) is 4.58. The van der Waals surface area contributed by atoms with Crippen LogP contribution in [0.25, 0.3) is 0 Å². The minimum Gasteiger partial charge on any atom is -0.506 e. The van der Waals surface area contributed by atoms with Gasteiger partial charge < -0.3 is 15.7 Å². The summed E-state index contributed by atoms with van der Waals surface area (Å²) in [6.07, 6.45) is 2.40. The number of hydrogen-bond donors (Lipinski definition) is 3. The predicted octanol–water partition coefficient (Wildman–Crippen LogP) is 2.43. The van der Waals surface area contributed by atoms with Crippen molar-refractivity contribution in [3.8, 4) is 5.75 Å². The summed E-state index contributed by atoms with van der Waals surface area (Å²) in [6, 6.07) is 17.4. The van der Waals surface area contributed by atoms with E-state index < -0.39 is 0 Å². The lowest BCUT2D eigenvalue weighted by molar-refractivity contribution is -0.124. The maximum atomic E-state index is 12.5. The molecule has 2 aromatic carbocycles. The quantitative estimate of drug-likeness (QED) is 0.581. The number of phenols is 1. The Morgan fingerprint density at radius 2 is 1.59 bits per heavy atom. The fourth-order valence-electron chi connectivity index (χ4n) is 4.58. The Labute approximate surface area is 189 Å². The van der Waals surface area contributed by atoms with Gasteiger partial charge >= 0.3 is 0 Å². The highest BCUT2D eigenvalue weighted by Crippen LogP contribution is 2.24. The molecule has 3 N–H and O–H groups in total. The summed E-state index contributed by atoms with van der Waals surface area (Å²) < 4.78 is 0. The second-order valence-corrected chi connectivity index (χ2v) is 8.83. The second kappa shape index (κ2) is 10.6. The molecule has 0 spiro atoms. The number of likely N-dealkylation sites (tertiary alicyclic amines) is 2. The number of rotatable bonds is 7. The first-order valence-electron chi connectivity index (χ1n) is 11.4. The zero-order valence-electron chi connectivity index (χ0n) is 18.4. The van der Waals surface area contributed by atoms with Crippen molar-refractivity contribution in [3.63, 3.8) is 0 Å². The van der Waals surface area contributed by atoms with Gasteiger partial charge in [0.05, 0.1) is 12.2 Å². The number of nitrogens with zero attached hydrogens (tertiary/aromatic N) is 2. The number of hydrogen-bond acceptors (Lipinski definition) is 5. The highest BCUT2D eigenvalue weighted by molar-refractivity contribution is 5.93. The zero-order chi connectivity index (χ0) is 22.3. The van der Waals surface area contributed by atoms with Crippen LogP contribution in [0.15, 0.2) is 54.6 Å². The molecular weight excluding hydrogens is 404 g/mol. The number of benzene rings is 2. The van der Waals surface area contributed by atoms with Crippen LogP contribution in [0.2, 0.25) is 0 Å². The molecule has 32 heavy (non-hydrogen) atoms. The van der Waals surface area contributed by atoms with Gasteiger partial charge in [0.2, 0.25) is 11.8 Å². The summed E-state index contributed by atoms with van der Waals surface area (Å²) in [7, 11) is 0. The molecule has 2 aliphatic rings. The number of carbonyl (C=O) groups is 2. The van der Waals surface area contributed by atoms with Crippen LogP contribution in [0.4, 0.5) is 5.69 Å². The molecule has 0 unspecified atom stereocenters. The first-order valence-corrected chi connectivity index (χ1v) is 11.4. The number of carbonyl (C=O) groups excluding carboxylic acids is 2. The summed E-state index contributed by atoms with van der Waals surface area (Å²) in [5.74, 6) is -0.0340. The molecule has 2 saturated heterocycles. The van der Waals surface area contributed by atoms with Crippen LogP contribution in [0, 0.1) is 5.92 Å². The van der Waals surface area contributed by atoms with Crippen LogP contribution >= 0.6 is 0 Å². The normalized spacial score (nSPS) is 20.2. The molecule has 0 saturated carbocycles. The van der Waals surface area contributed by atoms with E-state index in [1.807, 2.05) is 6.07 Å². The average molecular weight is 437 g/mol. The number of amides is 2. The predicted molar refractivity (Wildman–Crippen MR) is 124 cm³/mol. The van der Waals surface area contributed by atoms with E-state index in [1.165, 1.54) is 5.56 Å². The van der Waals surface area contributed by atoms with E-state index in [-0.39, 0.29) is 29.5 Å². The molecule has 7 heteroatoms. The minimum atomic E-state index is -0.102. The molecule has 2 aliphatic heterocycles. The van der Waals surface area contributed by atoms with Gasteiger partial charge in [0.15, 0.2) is 0 Å². The number of piperidine rings is 1. The molecule has 170 valence electrons. The van der Waals surface area contributed by atoms with Crippen molar-refractivity contribution in [2.24, 2.45) is 5.92 Å². The fraction of sp³-hybridized carbons (Fsp3) is 0.440. The summed E-state index contributed by atoms with van der Waals surface area (Å²) in [4.78, 5) is 29.6. The van der Waals surface area contributed by atoms with E-state index in [2.05, 4.69) is 44.7 Å². The largest absolute Gasteiger partial charge is 0.506 e. The Hall–Kier alpha value is -2.90. The molecule has 2 fully saturated rings. The van der Waals surface area contributed by atoms with E-state index in [0.717, 1.165) is 39.1 Å². The van der Waals surface area contributed by atoms with Crippen molar-refractivity contribution in [1.82, 2.24) is 15.1 Å². The zero-order valence-corrected chi connectivity index (χ0v) is 18.4. The second-order valence-electron chi connectivity index (χ2n) is 8.83. The minimum absolute atomic E-state index is 0.0636. The number of anilines is 1. The third-order valence-electron chi connectivity index (χ3n) is 6.37. The number of aromatic hydroxyl groups is 1. The van der Waals surface area contributed by atoms with Crippen LogP contribution in [-0.4, -0.2) is 65.5 Å². The Balaban J connectivity index is 1.16. The van der Waals surface area contributed by atoms with Gasteiger partial charge in [-0.3, -0.25) is 19.4 Å². The average Bonchev–Trinajstić information content (AvgIpc) is 3.23. The van der Waals surface area contributed by atoms with Crippen LogP contribution in [0.1, 0.15) is 24.8 Å². The summed E-state index contributed by atoms with van der Waals surface area (Å²) in [5.41, 5.74) is 1.74. The van der Waals surface area contributed by atoms with Crippen molar-refractivity contribution >= 4 is 17.5 Å². The van der Waals surface area contributed by atoms with E-state index in [0.29, 0.717) is 25.1 Å². The maximum Gasteiger partial charge on any atom is 0.234 e. The number of nitrogens with one attached hydrogen (secondary N) is 2. The van der Waals surface area contributed by atoms with Crippen molar-refractivity contribution in [2.45, 2.75) is 31.8 Å². The molecule has 7 nitrogen and oxygen atoms in total. The van der Waals surface area contributed by atoms with Crippen LogP contribution in [-0.2, 0) is 16.1 Å². The lowest BCUT2D eigenvalue weighted by Gasteiger charge is -2.31. The Morgan fingerprint density at radius 3 is 2.34 bits per heavy atom. The number of para-hydroxylation sites is 2. The molecule has 2 aromatic rings. The van der Waals surface area contributed by atoms with Crippen molar-refractivity contribution in [1.29, 1.82) is 0 Å². The molecule has 0 aliphatic carbocycles. The monoisotopic (exact) mass is 436 g/mol. The molecule has 2 amide bonds. The SMILES string of the molecule is O=C(CN1CCC(C(=O)Nc2ccccc2O)CC1)N[C@H]1CCN(Cc2ccccc2)C1. The Kier molecular flexibility index (Phi) is 7.39. The van der Waals surface area contributed by atoms with Gasteiger partial charge in [0.25, 0.3) is 0 Å². The third kappa shape index (κ3) is 6.08. The first-order chi connectivity index (χ1) is 15.6.